The predicted molar refractivity (Wildman–Crippen MR) is 94.9 cm³/mol. The number of nitro groups is 1. The number of non-ortho nitro benzene ring substituents is 1. The molecule has 2 aromatic rings. The van der Waals surface area contributed by atoms with Gasteiger partial charge in [-0.1, -0.05) is 0 Å². The van der Waals surface area contributed by atoms with Gasteiger partial charge in [-0.2, -0.15) is 5.10 Å². The highest BCUT2D eigenvalue weighted by molar-refractivity contribution is 5.84. The van der Waals surface area contributed by atoms with Crippen LogP contribution in [0.3, 0.4) is 0 Å². The molecule has 0 aromatic heterocycles. The minimum Gasteiger partial charge on any atom is -0.494 e. The third-order valence-corrected chi connectivity index (χ3v) is 3.13. The van der Waals surface area contributed by atoms with Gasteiger partial charge in [0.2, 0.25) is 0 Å². The van der Waals surface area contributed by atoms with E-state index in [1.165, 1.54) is 18.3 Å². The summed E-state index contributed by atoms with van der Waals surface area (Å²) in [7, 11) is 0. The van der Waals surface area contributed by atoms with Gasteiger partial charge in [0.1, 0.15) is 5.75 Å². The van der Waals surface area contributed by atoms with E-state index in [0.29, 0.717) is 12.2 Å². The van der Waals surface area contributed by atoms with Gasteiger partial charge >= 0.3 is 0 Å². The SMILES string of the molecule is CCOc1ccc(NCC(=O)N/N=C\c2ccc([N+](=O)[O-])cc2)cc1. The van der Waals surface area contributed by atoms with Crippen molar-refractivity contribution in [1.29, 1.82) is 0 Å². The van der Waals surface area contributed by atoms with Crippen molar-refractivity contribution in [2.75, 3.05) is 18.5 Å². The summed E-state index contributed by atoms with van der Waals surface area (Å²) in [6, 6.07) is 13.1. The van der Waals surface area contributed by atoms with Gasteiger partial charge < -0.3 is 10.1 Å². The second kappa shape index (κ2) is 9.02. The molecule has 8 heteroatoms. The summed E-state index contributed by atoms with van der Waals surface area (Å²) in [6.45, 7) is 2.57. The summed E-state index contributed by atoms with van der Waals surface area (Å²) in [6.07, 6.45) is 1.42. The number of amides is 1. The van der Waals surface area contributed by atoms with Gasteiger partial charge in [-0.05, 0) is 48.9 Å². The molecule has 2 N–H and O–H groups in total. The minimum atomic E-state index is -0.477. The number of hydrogen-bond donors (Lipinski definition) is 2. The molecule has 0 saturated carbocycles. The molecule has 0 aliphatic heterocycles. The van der Waals surface area contributed by atoms with Gasteiger partial charge in [-0.3, -0.25) is 14.9 Å². The van der Waals surface area contributed by atoms with Crippen molar-refractivity contribution < 1.29 is 14.5 Å². The number of carbonyl (C=O) groups is 1. The van der Waals surface area contributed by atoms with Crippen LogP contribution in [-0.4, -0.2) is 30.2 Å². The first kappa shape index (κ1) is 17.9. The molecule has 0 heterocycles. The molecule has 0 fully saturated rings. The Morgan fingerprint density at radius 2 is 1.88 bits per heavy atom. The fraction of sp³-hybridized carbons (Fsp3) is 0.176. The third kappa shape index (κ3) is 5.94. The van der Waals surface area contributed by atoms with E-state index < -0.39 is 4.92 Å². The summed E-state index contributed by atoms with van der Waals surface area (Å²) in [5.74, 6) is 0.456. The van der Waals surface area contributed by atoms with E-state index in [0.717, 1.165) is 11.4 Å². The maximum atomic E-state index is 11.7. The van der Waals surface area contributed by atoms with Gasteiger partial charge in [0.25, 0.3) is 11.6 Å². The molecular formula is C17H18N4O4. The minimum absolute atomic E-state index is 0.000686. The summed E-state index contributed by atoms with van der Waals surface area (Å²) in [4.78, 5) is 21.8. The average molecular weight is 342 g/mol. The van der Waals surface area contributed by atoms with Gasteiger partial charge in [0.15, 0.2) is 0 Å². The average Bonchev–Trinajstić information content (AvgIpc) is 2.62. The molecule has 0 spiro atoms. The van der Waals surface area contributed by atoms with E-state index >= 15 is 0 Å². The Morgan fingerprint density at radius 3 is 2.48 bits per heavy atom. The van der Waals surface area contributed by atoms with Crippen molar-refractivity contribution in [3.8, 4) is 5.75 Å². The molecule has 0 saturated heterocycles. The van der Waals surface area contributed by atoms with Crippen LogP contribution in [0.4, 0.5) is 11.4 Å². The normalized spacial score (nSPS) is 10.4. The number of rotatable bonds is 8. The summed E-state index contributed by atoms with van der Waals surface area (Å²) >= 11 is 0. The van der Waals surface area contributed by atoms with Crippen molar-refractivity contribution in [3.05, 3.63) is 64.2 Å². The molecule has 0 unspecified atom stereocenters. The number of benzene rings is 2. The zero-order valence-electron chi connectivity index (χ0n) is 13.6. The number of anilines is 1. The molecule has 2 rings (SSSR count). The Bertz CT molecular complexity index is 742. The third-order valence-electron chi connectivity index (χ3n) is 3.13. The number of ether oxygens (including phenoxy) is 1. The van der Waals surface area contributed by atoms with Crippen molar-refractivity contribution >= 4 is 23.5 Å². The second-order valence-corrected chi connectivity index (χ2v) is 4.95. The van der Waals surface area contributed by atoms with Crippen LogP contribution in [0, 0.1) is 10.1 Å². The van der Waals surface area contributed by atoms with Crippen LogP contribution >= 0.6 is 0 Å². The van der Waals surface area contributed by atoms with Crippen LogP contribution in [0.1, 0.15) is 12.5 Å². The highest BCUT2D eigenvalue weighted by Crippen LogP contribution is 2.15. The molecule has 8 nitrogen and oxygen atoms in total. The molecule has 0 aliphatic carbocycles. The molecule has 0 atom stereocenters. The summed E-state index contributed by atoms with van der Waals surface area (Å²) in [5.41, 5.74) is 3.81. The monoisotopic (exact) mass is 342 g/mol. The Balaban J connectivity index is 1.77. The van der Waals surface area contributed by atoms with Crippen LogP contribution < -0.4 is 15.5 Å². The molecular weight excluding hydrogens is 324 g/mol. The highest BCUT2D eigenvalue weighted by Gasteiger charge is 2.03. The van der Waals surface area contributed by atoms with Gasteiger partial charge in [0, 0.05) is 17.8 Å². The molecule has 0 aliphatic rings. The van der Waals surface area contributed by atoms with Crippen molar-refractivity contribution in [2.45, 2.75) is 6.92 Å². The first-order chi connectivity index (χ1) is 12.1. The van der Waals surface area contributed by atoms with Crippen molar-refractivity contribution in [1.82, 2.24) is 5.43 Å². The zero-order valence-corrected chi connectivity index (χ0v) is 13.6. The summed E-state index contributed by atoms with van der Waals surface area (Å²) < 4.78 is 5.34. The van der Waals surface area contributed by atoms with E-state index in [9.17, 15) is 14.9 Å². The Hall–Kier alpha value is -3.42. The lowest BCUT2D eigenvalue weighted by molar-refractivity contribution is -0.384. The zero-order chi connectivity index (χ0) is 18.1. The number of nitrogens with zero attached hydrogens (tertiary/aromatic N) is 2. The lowest BCUT2D eigenvalue weighted by Gasteiger charge is -2.07. The van der Waals surface area contributed by atoms with Crippen LogP contribution in [0.2, 0.25) is 0 Å². The number of carbonyl (C=O) groups excluding carboxylic acids is 1. The van der Waals surface area contributed by atoms with Crippen molar-refractivity contribution in [2.24, 2.45) is 5.10 Å². The maximum Gasteiger partial charge on any atom is 0.269 e. The first-order valence-corrected chi connectivity index (χ1v) is 7.61. The van der Waals surface area contributed by atoms with Crippen molar-refractivity contribution in [3.63, 3.8) is 0 Å². The van der Waals surface area contributed by atoms with Gasteiger partial charge in [0.05, 0.1) is 24.3 Å². The number of hydrazone groups is 1. The van der Waals surface area contributed by atoms with E-state index in [-0.39, 0.29) is 18.1 Å². The van der Waals surface area contributed by atoms with Crippen LogP contribution in [0.25, 0.3) is 0 Å². The topological polar surface area (TPSA) is 106 Å². The van der Waals surface area contributed by atoms with Crippen LogP contribution in [-0.2, 0) is 4.79 Å². The Kier molecular flexibility index (Phi) is 6.47. The highest BCUT2D eigenvalue weighted by atomic mass is 16.6. The largest absolute Gasteiger partial charge is 0.494 e. The molecule has 1 amide bonds. The summed E-state index contributed by atoms with van der Waals surface area (Å²) in [5, 5.41) is 17.3. The maximum absolute atomic E-state index is 11.7. The Morgan fingerprint density at radius 1 is 1.20 bits per heavy atom. The standard InChI is InChI=1S/C17H18N4O4/c1-2-25-16-9-5-14(6-10-16)18-12-17(22)20-19-11-13-3-7-15(8-4-13)21(23)24/h3-11,18H,2,12H2,1H3,(H,20,22)/b19-11-. The molecule has 0 bridgehead atoms. The van der Waals surface area contributed by atoms with Crippen LogP contribution in [0.15, 0.2) is 53.6 Å². The van der Waals surface area contributed by atoms with E-state index in [4.69, 9.17) is 4.74 Å². The fourth-order valence-corrected chi connectivity index (χ4v) is 1.92. The lowest BCUT2D eigenvalue weighted by Crippen LogP contribution is -2.25. The van der Waals surface area contributed by atoms with E-state index in [1.807, 2.05) is 31.2 Å². The van der Waals surface area contributed by atoms with Crippen LogP contribution in [0.5, 0.6) is 5.75 Å². The first-order valence-electron chi connectivity index (χ1n) is 7.61. The smallest absolute Gasteiger partial charge is 0.269 e. The number of hydrogen-bond acceptors (Lipinski definition) is 6. The van der Waals surface area contributed by atoms with E-state index in [1.54, 1.807) is 12.1 Å². The molecule has 130 valence electrons. The fourth-order valence-electron chi connectivity index (χ4n) is 1.92. The molecule has 0 radical (unpaired) electrons. The second-order valence-electron chi connectivity index (χ2n) is 4.95. The predicted octanol–water partition coefficient (Wildman–Crippen LogP) is 2.56. The number of nitro benzene ring substituents is 1. The Labute approximate surface area is 144 Å². The quantitative estimate of drug-likeness (QED) is 0.436. The molecule has 2 aromatic carbocycles. The van der Waals surface area contributed by atoms with Gasteiger partial charge in [-0.25, -0.2) is 5.43 Å². The van der Waals surface area contributed by atoms with E-state index in [2.05, 4.69) is 15.8 Å². The number of nitrogens with one attached hydrogen (secondary N) is 2. The van der Waals surface area contributed by atoms with Gasteiger partial charge in [-0.15, -0.1) is 0 Å². The lowest BCUT2D eigenvalue weighted by atomic mass is 10.2. The molecule has 25 heavy (non-hydrogen) atoms.